The summed E-state index contributed by atoms with van der Waals surface area (Å²) in [6.07, 6.45) is 1.66. The fourth-order valence-corrected chi connectivity index (χ4v) is 3.23. The van der Waals surface area contributed by atoms with Crippen LogP contribution in [0.3, 0.4) is 0 Å². The summed E-state index contributed by atoms with van der Waals surface area (Å²) in [5.41, 5.74) is 1.75. The highest BCUT2D eigenvalue weighted by Crippen LogP contribution is 2.48. The van der Waals surface area contributed by atoms with Crippen LogP contribution >= 0.6 is 0 Å². The van der Waals surface area contributed by atoms with Crippen LogP contribution in [-0.4, -0.2) is 46.1 Å². The maximum absolute atomic E-state index is 11.0. The van der Waals surface area contributed by atoms with E-state index in [4.69, 9.17) is 28.4 Å². The van der Waals surface area contributed by atoms with Gasteiger partial charge in [-0.1, -0.05) is 11.6 Å². The average molecular weight is 435 g/mol. The van der Waals surface area contributed by atoms with Gasteiger partial charge in [-0.25, -0.2) is 0 Å². The monoisotopic (exact) mass is 434 g/mol. The lowest BCUT2D eigenvalue weighted by molar-refractivity contribution is 0.0498. The van der Waals surface area contributed by atoms with Gasteiger partial charge in [0.1, 0.15) is 23.0 Å². The van der Waals surface area contributed by atoms with E-state index in [9.17, 15) is 5.11 Å². The third-order valence-electron chi connectivity index (χ3n) is 4.51. The smallest absolute Gasteiger partial charge is 0.188 e. The Kier molecular flexibility index (Phi) is 9.91. The molecule has 0 saturated carbocycles. The van der Waals surface area contributed by atoms with E-state index in [2.05, 4.69) is 0 Å². The first-order valence-electron chi connectivity index (χ1n) is 10.4. The molecule has 2 rings (SSSR count). The molecule has 1 atom stereocenters. The van der Waals surface area contributed by atoms with Crippen molar-refractivity contribution >= 4 is 10.8 Å². The zero-order chi connectivity index (χ0) is 22.8. The number of hydrogen-bond donors (Lipinski definition) is 1. The topological polar surface area (TPSA) is 75.6 Å². The Morgan fingerprint density at radius 2 is 1.45 bits per heavy atom. The van der Waals surface area contributed by atoms with Crippen LogP contribution in [0.25, 0.3) is 10.8 Å². The average Bonchev–Trinajstić information content (AvgIpc) is 2.76. The Labute approximate surface area is 184 Å². The van der Waals surface area contributed by atoms with E-state index in [0.29, 0.717) is 59.0 Å². The molecule has 0 bridgehead atoms. The summed E-state index contributed by atoms with van der Waals surface area (Å²) < 4.78 is 33.9. The number of aliphatic hydroxyl groups excluding tert-OH is 1. The largest absolute Gasteiger partial charge is 0.493 e. The van der Waals surface area contributed by atoms with Gasteiger partial charge in [-0.05, 0) is 52.3 Å². The van der Waals surface area contributed by atoms with Crippen molar-refractivity contribution in [1.82, 2.24) is 0 Å². The molecule has 1 unspecified atom stereocenters. The number of rotatable bonds is 13. The van der Waals surface area contributed by atoms with Gasteiger partial charge in [0.25, 0.3) is 0 Å². The van der Waals surface area contributed by atoms with Gasteiger partial charge in [-0.3, -0.25) is 0 Å². The molecular formula is C24H34O7. The lowest BCUT2D eigenvalue weighted by atomic mass is 9.97. The van der Waals surface area contributed by atoms with Gasteiger partial charge >= 0.3 is 0 Å². The van der Waals surface area contributed by atoms with Gasteiger partial charge in [0.2, 0.25) is 0 Å². The van der Waals surface area contributed by atoms with E-state index < -0.39 is 6.10 Å². The Bertz CT molecular complexity index is 872. The minimum absolute atomic E-state index is 0.0630. The minimum atomic E-state index is -0.779. The zero-order valence-electron chi connectivity index (χ0n) is 19.3. The van der Waals surface area contributed by atoms with Crippen molar-refractivity contribution in [2.24, 2.45) is 0 Å². The summed E-state index contributed by atoms with van der Waals surface area (Å²) in [6, 6.07) is 5.40. The first-order chi connectivity index (χ1) is 15.0. The normalized spacial score (nSPS) is 11.8. The molecule has 0 aromatic heterocycles. The molecule has 7 heteroatoms. The number of benzene rings is 2. The quantitative estimate of drug-likeness (QED) is 0.351. The van der Waals surface area contributed by atoms with Crippen LogP contribution in [0, 0.1) is 0 Å². The molecule has 0 aliphatic rings. The third-order valence-corrected chi connectivity index (χ3v) is 4.51. The molecule has 31 heavy (non-hydrogen) atoms. The van der Waals surface area contributed by atoms with Gasteiger partial charge in [0.05, 0.1) is 30.1 Å². The highest BCUT2D eigenvalue weighted by Gasteiger charge is 2.25. The van der Waals surface area contributed by atoms with Crippen LogP contribution in [0.5, 0.6) is 23.0 Å². The Morgan fingerprint density at radius 1 is 0.871 bits per heavy atom. The Hall–Kier alpha value is -2.48. The number of methoxy groups -OCH3 is 2. The minimum Gasteiger partial charge on any atom is -0.493 e. The maximum Gasteiger partial charge on any atom is 0.188 e. The second kappa shape index (κ2) is 12.4. The molecule has 7 nitrogen and oxygen atoms in total. The summed E-state index contributed by atoms with van der Waals surface area (Å²) in [7, 11) is 3.12. The van der Waals surface area contributed by atoms with Crippen molar-refractivity contribution in [2.45, 2.75) is 40.2 Å². The van der Waals surface area contributed by atoms with Gasteiger partial charge in [-0.15, -0.1) is 0 Å². The SMILES string of the molecule is CCOc1cc(C(O)CC=C(C)C)c(OCC)c2c(OCOC)ccc(OCOC)c12. The lowest BCUT2D eigenvalue weighted by Gasteiger charge is -2.23. The van der Waals surface area contributed by atoms with Crippen LogP contribution in [0.15, 0.2) is 29.8 Å². The molecule has 1 N–H and O–H groups in total. The fourth-order valence-electron chi connectivity index (χ4n) is 3.23. The van der Waals surface area contributed by atoms with Crippen molar-refractivity contribution in [3.63, 3.8) is 0 Å². The highest BCUT2D eigenvalue weighted by atomic mass is 16.7. The number of hydrogen-bond acceptors (Lipinski definition) is 7. The molecule has 0 saturated heterocycles. The van der Waals surface area contributed by atoms with E-state index >= 15 is 0 Å². The molecule has 0 heterocycles. The Morgan fingerprint density at radius 3 is 1.97 bits per heavy atom. The van der Waals surface area contributed by atoms with Crippen LogP contribution < -0.4 is 18.9 Å². The molecule has 0 aliphatic carbocycles. The maximum atomic E-state index is 11.0. The van der Waals surface area contributed by atoms with E-state index in [1.165, 1.54) is 0 Å². The van der Waals surface area contributed by atoms with Crippen LogP contribution in [0.2, 0.25) is 0 Å². The van der Waals surface area contributed by atoms with Crippen LogP contribution in [-0.2, 0) is 9.47 Å². The first-order valence-corrected chi connectivity index (χ1v) is 10.4. The second-order valence-electron chi connectivity index (χ2n) is 7.11. The van der Waals surface area contributed by atoms with Crippen LogP contribution in [0.1, 0.15) is 45.8 Å². The predicted octanol–water partition coefficient (Wildman–Crippen LogP) is 4.99. The van der Waals surface area contributed by atoms with Crippen molar-refractivity contribution in [1.29, 1.82) is 0 Å². The van der Waals surface area contributed by atoms with Gasteiger partial charge in [-0.2, -0.15) is 0 Å². The molecular weight excluding hydrogens is 400 g/mol. The molecule has 0 fully saturated rings. The molecule has 0 spiro atoms. The fraction of sp³-hybridized carbons (Fsp3) is 0.500. The van der Waals surface area contributed by atoms with E-state index in [0.717, 1.165) is 5.57 Å². The summed E-state index contributed by atoms with van der Waals surface area (Å²) in [4.78, 5) is 0. The van der Waals surface area contributed by atoms with Crippen LogP contribution in [0.4, 0.5) is 0 Å². The molecule has 2 aromatic carbocycles. The zero-order valence-corrected chi connectivity index (χ0v) is 19.3. The van der Waals surface area contributed by atoms with Crippen molar-refractivity contribution in [2.75, 3.05) is 41.0 Å². The number of allylic oxidation sites excluding steroid dienone is 1. The van der Waals surface area contributed by atoms with Crippen molar-refractivity contribution in [3.8, 4) is 23.0 Å². The number of aliphatic hydroxyl groups is 1. The molecule has 172 valence electrons. The van der Waals surface area contributed by atoms with Gasteiger partial charge in [0, 0.05) is 19.8 Å². The summed E-state index contributed by atoms with van der Waals surface area (Å²) in [6.45, 7) is 8.80. The third kappa shape index (κ3) is 6.26. The molecule has 2 aromatic rings. The molecule has 0 amide bonds. The second-order valence-corrected chi connectivity index (χ2v) is 7.11. The summed E-state index contributed by atoms with van der Waals surface area (Å²) >= 11 is 0. The molecule has 0 aliphatic heterocycles. The van der Waals surface area contributed by atoms with Gasteiger partial charge < -0.3 is 33.5 Å². The van der Waals surface area contributed by atoms with Crippen molar-refractivity contribution in [3.05, 3.63) is 35.4 Å². The van der Waals surface area contributed by atoms with E-state index in [1.54, 1.807) is 26.4 Å². The summed E-state index contributed by atoms with van der Waals surface area (Å²) in [5.74, 6) is 2.21. The first kappa shape index (κ1) is 24.8. The van der Waals surface area contributed by atoms with Gasteiger partial charge in [0.15, 0.2) is 13.6 Å². The number of ether oxygens (including phenoxy) is 6. The Balaban J connectivity index is 2.84. The van der Waals surface area contributed by atoms with E-state index in [1.807, 2.05) is 39.8 Å². The summed E-state index contributed by atoms with van der Waals surface area (Å²) in [5, 5.41) is 12.4. The predicted molar refractivity (Wildman–Crippen MR) is 120 cm³/mol. The van der Waals surface area contributed by atoms with Crippen molar-refractivity contribution < 1.29 is 33.5 Å². The highest BCUT2D eigenvalue weighted by molar-refractivity contribution is 6.03. The number of fused-ring (bicyclic) bond motifs is 1. The van der Waals surface area contributed by atoms with E-state index in [-0.39, 0.29) is 13.6 Å². The molecule has 0 radical (unpaired) electrons. The lowest BCUT2D eigenvalue weighted by Crippen LogP contribution is -2.08. The standard InChI is InChI=1S/C24H34O7/c1-7-28-21-13-17(18(25)10-9-16(3)4)24(29-8-2)23-20(31-15-27-6)12-11-19(22(21)23)30-14-26-5/h9,11-13,18,25H,7-8,10,14-15H2,1-6H3.